The van der Waals surface area contributed by atoms with Crippen molar-refractivity contribution in [3.8, 4) is 0 Å². The van der Waals surface area contributed by atoms with E-state index in [1.165, 1.54) is 19.3 Å². The SMILES string of the molecule is CCNC(=NCC(C)(O)c1ccccc1)NCCc1nnc2n1CCCCC2.I. The van der Waals surface area contributed by atoms with Crippen LogP contribution in [0.5, 0.6) is 0 Å². The minimum absolute atomic E-state index is 0. The van der Waals surface area contributed by atoms with Crippen molar-refractivity contribution < 1.29 is 5.11 Å². The molecule has 3 rings (SSSR count). The first kappa shape index (κ1) is 23.6. The van der Waals surface area contributed by atoms with E-state index in [0.29, 0.717) is 5.96 Å². The van der Waals surface area contributed by atoms with Gasteiger partial charge in [0.25, 0.3) is 0 Å². The molecule has 0 fully saturated rings. The molecule has 0 amide bonds. The Labute approximate surface area is 190 Å². The molecule has 3 N–H and O–H groups in total. The van der Waals surface area contributed by atoms with Gasteiger partial charge in [-0.25, -0.2) is 4.99 Å². The van der Waals surface area contributed by atoms with Crippen molar-refractivity contribution in [2.45, 2.75) is 58.1 Å². The van der Waals surface area contributed by atoms with Crippen LogP contribution in [-0.2, 0) is 25.0 Å². The smallest absolute Gasteiger partial charge is 0.191 e. The molecule has 0 spiro atoms. The van der Waals surface area contributed by atoms with E-state index in [4.69, 9.17) is 0 Å². The number of aliphatic imine (C=N–C) groups is 1. The average Bonchev–Trinajstić information content (AvgIpc) is 2.93. The number of aryl methyl sites for hydroxylation is 1. The number of nitrogens with zero attached hydrogens (tertiary/aromatic N) is 4. The summed E-state index contributed by atoms with van der Waals surface area (Å²) in [7, 11) is 0. The van der Waals surface area contributed by atoms with E-state index in [0.717, 1.165) is 49.7 Å². The first-order chi connectivity index (χ1) is 13.6. The Morgan fingerprint density at radius 1 is 1.17 bits per heavy atom. The lowest BCUT2D eigenvalue weighted by molar-refractivity contribution is 0.0672. The van der Waals surface area contributed by atoms with E-state index < -0.39 is 5.60 Å². The van der Waals surface area contributed by atoms with Gasteiger partial charge in [-0.2, -0.15) is 0 Å². The van der Waals surface area contributed by atoms with E-state index in [1.807, 2.05) is 37.3 Å². The predicted molar refractivity (Wildman–Crippen MR) is 127 cm³/mol. The van der Waals surface area contributed by atoms with Gasteiger partial charge < -0.3 is 20.3 Å². The zero-order valence-corrected chi connectivity index (χ0v) is 19.7. The van der Waals surface area contributed by atoms with Crippen LogP contribution in [0.3, 0.4) is 0 Å². The second kappa shape index (κ2) is 11.5. The lowest BCUT2D eigenvalue weighted by Crippen LogP contribution is -2.40. The van der Waals surface area contributed by atoms with Gasteiger partial charge in [-0.15, -0.1) is 34.2 Å². The number of guanidine groups is 1. The number of aromatic nitrogens is 3. The fourth-order valence-corrected chi connectivity index (χ4v) is 3.49. The van der Waals surface area contributed by atoms with Gasteiger partial charge in [-0.1, -0.05) is 36.8 Å². The van der Waals surface area contributed by atoms with E-state index in [-0.39, 0.29) is 30.5 Å². The Hall–Kier alpha value is -1.68. The Balaban J connectivity index is 0.00000300. The zero-order chi connectivity index (χ0) is 19.8. The number of benzene rings is 1. The molecule has 29 heavy (non-hydrogen) atoms. The molecule has 0 saturated carbocycles. The van der Waals surface area contributed by atoms with Gasteiger partial charge >= 0.3 is 0 Å². The van der Waals surface area contributed by atoms with E-state index >= 15 is 0 Å². The molecule has 1 aliphatic heterocycles. The Kier molecular flexibility index (Phi) is 9.35. The number of aliphatic hydroxyl groups is 1. The summed E-state index contributed by atoms with van der Waals surface area (Å²) in [6.07, 6.45) is 5.49. The fourth-order valence-electron chi connectivity index (χ4n) is 3.49. The van der Waals surface area contributed by atoms with Crippen molar-refractivity contribution >= 4 is 29.9 Å². The second-order valence-electron chi connectivity index (χ2n) is 7.51. The highest BCUT2D eigenvalue weighted by Gasteiger charge is 2.22. The summed E-state index contributed by atoms with van der Waals surface area (Å²) in [6, 6.07) is 9.65. The van der Waals surface area contributed by atoms with Gasteiger partial charge in [0.1, 0.15) is 17.2 Å². The van der Waals surface area contributed by atoms with E-state index in [9.17, 15) is 5.11 Å². The summed E-state index contributed by atoms with van der Waals surface area (Å²) in [5.74, 6) is 2.86. The number of halogens is 1. The number of fused-ring (bicyclic) bond motifs is 1. The van der Waals surface area contributed by atoms with Gasteiger partial charge in [0.05, 0.1) is 6.54 Å². The van der Waals surface area contributed by atoms with Crippen molar-refractivity contribution in [3.05, 3.63) is 47.5 Å². The number of rotatable bonds is 7. The largest absolute Gasteiger partial charge is 0.384 e. The van der Waals surface area contributed by atoms with Crippen LogP contribution in [0, 0.1) is 0 Å². The molecule has 7 nitrogen and oxygen atoms in total. The van der Waals surface area contributed by atoms with E-state index in [2.05, 4.69) is 30.4 Å². The van der Waals surface area contributed by atoms with Gasteiger partial charge in [-0.05, 0) is 32.3 Å². The third-order valence-corrected chi connectivity index (χ3v) is 5.11. The second-order valence-corrected chi connectivity index (χ2v) is 7.51. The van der Waals surface area contributed by atoms with Crippen LogP contribution in [0.2, 0.25) is 0 Å². The monoisotopic (exact) mass is 512 g/mol. The van der Waals surface area contributed by atoms with Crippen LogP contribution >= 0.6 is 24.0 Å². The van der Waals surface area contributed by atoms with Crippen molar-refractivity contribution in [2.24, 2.45) is 4.99 Å². The highest BCUT2D eigenvalue weighted by Crippen LogP contribution is 2.20. The zero-order valence-electron chi connectivity index (χ0n) is 17.4. The van der Waals surface area contributed by atoms with Crippen LogP contribution in [-0.4, -0.2) is 45.5 Å². The molecule has 1 aromatic carbocycles. The molecule has 1 atom stereocenters. The maximum absolute atomic E-state index is 10.8. The molecule has 0 saturated heterocycles. The van der Waals surface area contributed by atoms with Crippen molar-refractivity contribution in [3.63, 3.8) is 0 Å². The fraction of sp³-hybridized carbons (Fsp3) is 0.571. The van der Waals surface area contributed by atoms with Crippen LogP contribution in [0.4, 0.5) is 0 Å². The van der Waals surface area contributed by atoms with Gasteiger partial charge in [0.2, 0.25) is 0 Å². The van der Waals surface area contributed by atoms with Crippen LogP contribution in [0.15, 0.2) is 35.3 Å². The van der Waals surface area contributed by atoms with Crippen LogP contribution in [0.25, 0.3) is 0 Å². The molecule has 1 unspecified atom stereocenters. The highest BCUT2D eigenvalue weighted by molar-refractivity contribution is 14.0. The minimum atomic E-state index is -1.01. The molecule has 160 valence electrons. The maximum Gasteiger partial charge on any atom is 0.191 e. The first-order valence-corrected chi connectivity index (χ1v) is 10.3. The third kappa shape index (κ3) is 6.67. The minimum Gasteiger partial charge on any atom is -0.384 e. The third-order valence-electron chi connectivity index (χ3n) is 5.11. The Bertz CT molecular complexity index is 775. The molecular formula is C21H33IN6O. The normalized spacial score (nSPS) is 16.2. The van der Waals surface area contributed by atoms with E-state index in [1.54, 1.807) is 6.92 Å². The lowest BCUT2D eigenvalue weighted by Gasteiger charge is -2.22. The standard InChI is InChI=1S/C21H32N6O.HI/c1-3-22-20(24-16-21(2,28)17-10-6-4-7-11-17)23-14-13-19-26-25-18-12-8-5-9-15-27(18)19;/h4,6-7,10-11,28H,3,5,8-9,12-16H2,1-2H3,(H2,22,23,24);1H. The predicted octanol–water partition coefficient (Wildman–Crippen LogP) is 2.63. The summed E-state index contributed by atoms with van der Waals surface area (Å²) >= 11 is 0. The van der Waals surface area contributed by atoms with Crippen LogP contribution < -0.4 is 10.6 Å². The summed E-state index contributed by atoms with van der Waals surface area (Å²) in [5.41, 5.74) is -0.144. The molecular weight excluding hydrogens is 479 g/mol. The van der Waals surface area contributed by atoms with Gasteiger partial charge in [0, 0.05) is 32.5 Å². The summed E-state index contributed by atoms with van der Waals surface area (Å²) in [4.78, 5) is 4.58. The van der Waals surface area contributed by atoms with Crippen molar-refractivity contribution in [2.75, 3.05) is 19.6 Å². The van der Waals surface area contributed by atoms with Gasteiger partial charge in [-0.3, -0.25) is 0 Å². The maximum atomic E-state index is 10.8. The molecule has 0 radical (unpaired) electrons. The topological polar surface area (TPSA) is 87.4 Å². The first-order valence-electron chi connectivity index (χ1n) is 10.3. The Morgan fingerprint density at radius 2 is 1.97 bits per heavy atom. The summed E-state index contributed by atoms with van der Waals surface area (Å²) in [5, 5.41) is 26.1. The van der Waals surface area contributed by atoms with Gasteiger partial charge in [0.15, 0.2) is 5.96 Å². The average molecular weight is 512 g/mol. The molecule has 8 heteroatoms. The number of hydrogen-bond acceptors (Lipinski definition) is 4. The van der Waals surface area contributed by atoms with Crippen molar-refractivity contribution in [1.29, 1.82) is 0 Å². The molecule has 1 aliphatic rings. The van der Waals surface area contributed by atoms with Crippen molar-refractivity contribution in [1.82, 2.24) is 25.4 Å². The summed E-state index contributed by atoms with van der Waals surface area (Å²) in [6.45, 7) is 6.61. The van der Waals surface area contributed by atoms with Crippen LogP contribution in [0.1, 0.15) is 50.3 Å². The lowest BCUT2D eigenvalue weighted by atomic mass is 9.96. The number of nitrogens with one attached hydrogen (secondary N) is 2. The Morgan fingerprint density at radius 3 is 2.72 bits per heavy atom. The highest BCUT2D eigenvalue weighted by atomic mass is 127. The molecule has 1 aromatic heterocycles. The molecule has 0 bridgehead atoms. The molecule has 2 heterocycles. The quantitative estimate of drug-likeness (QED) is 0.302. The molecule has 2 aromatic rings. The summed E-state index contributed by atoms with van der Waals surface area (Å²) < 4.78 is 2.28. The molecule has 0 aliphatic carbocycles. The number of hydrogen-bond donors (Lipinski definition) is 3.